The van der Waals surface area contributed by atoms with Crippen molar-refractivity contribution in [1.82, 2.24) is 19.9 Å². The smallest absolute Gasteiger partial charge is 0.316 e. The van der Waals surface area contributed by atoms with Gasteiger partial charge in [-0.3, -0.25) is 19.2 Å². The number of thioether (sulfide) groups is 2. The second-order valence-corrected chi connectivity index (χ2v) is 9.30. The van der Waals surface area contributed by atoms with E-state index in [0.29, 0.717) is 5.56 Å². The van der Waals surface area contributed by atoms with Crippen LogP contribution in [-0.2, 0) is 19.1 Å². The molecule has 0 spiro atoms. The van der Waals surface area contributed by atoms with Crippen molar-refractivity contribution in [2.45, 2.75) is 30.1 Å². The summed E-state index contributed by atoms with van der Waals surface area (Å²) in [5, 5.41) is 0.244. The molecule has 6 N–H and O–H groups in total. The number of anilines is 2. The predicted octanol–water partition coefficient (Wildman–Crippen LogP) is 1.51. The van der Waals surface area contributed by atoms with Gasteiger partial charge in [-0.2, -0.15) is 0 Å². The normalized spacial score (nSPS) is 10.9. The summed E-state index contributed by atoms with van der Waals surface area (Å²) in [4.78, 5) is 63.4. The maximum atomic E-state index is 13.2. The topological polar surface area (TPSA) is 196 Å². The molecule has 2 aromatic heterocycles. The Balaban J connectivity index is 2.04. The molecule has 3 rings (SSSR count). The van der Waals surface area contributed by atoms with Crippen molar-refractivity contribution in [3.8, 4) is 0 Å². The van der Waals surface area contributed by atoms with Gasteiger partial charge >= 0.3 is 11.9 Å². The number of carbonyl (C=O) groups excluding carboxylic acids is 2. The van der Waals surface area contributed by atoms with Crippen LogP contribution in [0.2, 0.25) is 0 Å². The van der Waals surface area contributed by atoms with Crippen LogP contribution in [0.3, 0.4) is 0 Å². The molecule has 0 bridgehead atoms. The monoisotopic (exact) mass is 546 g/mol. The predicted molar refractivity (Wildman–Crippen MR) is 141 cm³/mol. The second-order valence-electron chi connectivity index (χ2n) is 7.37. The lowest BCUT2D eigenvalue weighted by atomic mass is 9.86. The number of hydrogen-bond acceptors (Lipinski definition) is 12. The first kappa shape index (κ1) is 27.8. The van der Waals surface area contributed by atoms with Crippen molar-refractivity contribution in [2.75, 3.05) is 36.2 Å². The van der Waals surface area contributed by atoms with Crippen LogP contribution in [0.5, 0.6) is 0 Å². The molecular formula is C23H26N6O6S2. The zero-order chi connectivity index (χ0) is 26.9. The van der Waals surface area contributed by atoms with Gasteiger partial charge in [-0.15, -0.1) is 0 Å². The van der Waals surface area contributed by atoms with Crippen LogP contribution in [0.15, 0.2) is 50.2 Å². The van der Waals surface area contributed by atoms with Gasteiger partial charge in [0.2, 0.25) is 0 Å². The van der Waals surface area contributed by atoms with E-state index in [-0.39, 0.29) is 57.8 Å². The average molecular weight is 547 g/mol. The number of carbonyl (C=O) groups is 2. The van der Waals surface area contributed by atoms with E-state index in [2.05, 4.69) is 19.9 Å². The fourth-order valence-corrected chi connectivity index (χ4v) is 4.77. The molecule has 14 heteroatoms. The Kier molecular flexibility index (Phi) is 9.74. The third-order valence-corrected chi connectivity index (χ3v) is 6.59. The average Bonchev–Trinajstić information content (AvgIpc) is 2.85. The molecule has 1 aromatic carbocycles. The van der Waals surface area contributed by atoms with E-state index < -0.39 is 29.0 Å². The zero-order valence-electron chi connectivity index (χ0n) is 20.1. The number of nitrogens with two attached hydrogens (primary N) is 2. The van der Waals surface area contributed by atoms with Crippen LogP contribution >= 0.6 is 23.5 Å². The van der Waals surface area contributed by atoms with E-state index in [4.69, 9.17) is 20.9 Å². The Morgan fingerprint density at radius 3 is 1.65 bits per heavy atom. The number of nitrogen functional groups attached to an aromatic ring is 2. The summed E-state index contributed by atoms with van der Waals surface area (Å²) in [6.45, 7) is 3.83. The number of esters is 2. The summed E-state index contributed by atoms with van der Waals surface area (Å²) >= 11 is 1.92. The Morgan fingerprint density at radius 1 is 0.838 bits per heavy atom. The van der Waals surface area contributed by atoms with Crippen molar-refractivity contribution >= 4 is 47.1 Å². The number of nitrogens with one attached hydrogen (secondary N) is 2. The molecule has 0 aliphatic rings. The number of H-pyrrole nitrogens is 2. The molecule has 0 atom stereocenters. The summed E-state index contributed by atoms with van der Waals surface area (Å²) in [5.41, 5.74) is 11.8. The lowest BCUT2D eigenvalue weighted by Gasteiger charge is -2.20. The molecule has 37 heavy (non-hydrogen) atoms. The highest BCUT2D eigenvalue weighted by atomic mass is 32.2. The van der Waals surface area contributed by atoms with Crippen molar-refractivity contribution in [2.24, 2.45) is 0 Å². The van der Waals surface area contributed by atoms with Crippen molar-refractivity contribution in [3.05, 3.63) is 67.7 Å². The molecule has 0 unspecified atom stereocenters. The quantitative estimate of drug-likeness (QED) is 0.154. The number of hydrogen-bond donors (Lipinski definition) is 4. The Hall–Kier alpha value is -3.78. The van der Waals surface area contributed by atoms with Crippen LogP contribution < -0.4 is 22.6 Å². The highest BCUT2D eigenvalue weighted by Gasteiger charge is 2.29. The van der Waals surface area contributed by atoms with Gasteiger partial charge in [-0.05, 0) is 19.4 Å². The summed E-state index contributed by atoms with van der Waals surface area (Å²) in [7, 11) is 0. The highest BCUT2D eigenvalue weighted by Crippen LogP contribution is 2.33. The standard InChI is InChI=1S/C23H26N6O6S2/c1-3-34-13(30)10-36-22-26-18(24)16(20(32)28-22)15(12-8-6-5-7-9-12)17-19(25)27-23(29-21(17)33)37-11-14(31)35-4-2/h5-9,15H,3-4,10-11H2,1-2H3,(H3,24,26,28,32)(H3,25,27,29,33). The minimum absolute atomic E-state index is 0.00221. The maximum absolute atomic E-state index is 13.2. The number of benzene rings is 1. The molecule has 12 nitrogen and oxygen atoms in total. The second kappa shape index (κ2) is 13.0. The molecule has 0 saturated carbocycles. The van der Waals surface area contributed by atoms with Crippen LogP contribution in [0.4, 0.5) is 11.6 Å². The van der Waals surface area contributed by atoms with Gasteiger partial charge in [-0.25, -0.2) is 9.97 Å². The van der Waals surface area contributed by atoms with Gasteiger partial charge < -0.3 is 30.9 Å². The molecule has 196 valence electrons. The van der Waals surface area contributed by atoms with Crippen LogP contribution in [0.1, 0.15) is 36.5 Å². The molecular weight excluding hydrogens is 520 g/mol. The largest absolute Gasteiger partial charge is 0.465 e. The van der Waals surface area contributed by atoms with Gasteiger partial charge in [0, 0.05) is 0 Å². The van der Waals surface area contributed by atoms with Gasteiger partial charge in [0.05, 0.1) is 41.8 Å². The van der Waals surface area contributed by atoms with Crippen LogP contribution in [0.25, 0.3) is 0 Å². The lowest BCUT2D eigenvalue weighted by molar-refractivity contribution is -0.140. The molecule has 0 saturated heterocycles. The van der Waals surface area contributed by atoms with Crippen LogP contribution in [-0.4, -0.2) is 56.6 Å². The first-order chi connectivity index (χ1) is 17.7. The number of aromatic amines is 2. The Morgan fingerprint density at radius 2 is 1.27 bits per heavy atom. The molecule has 0 radical (unpaired) electrons. The highest BCUT2D eigenvalue weighted by molar-refractivity contribution is 8.00. The molecule has 2 heterocycles. The SMILES string of the molecule is CCOC(=O)CSc1nc(N)c(C(c2ccccc2)c2c(N)nc(SCC(=O)OCC)[nH]c2=O)c(=O)[nH]1. The van der Waals surface area contributed by atoms with E-state index in [1.165, 1.54) is 0 Å². The molecule has 0 aliphatic carbocycles. The van der Waals surface area contributed by atoms with Crippen LogP contribution in [0, 0.1) is 0 Å². The van der Waals surface area contributed by atoms with Gasteiger partial charge in [0.1, 0.15) is 11.6 Å². The molecule has 0 aliphatic heterocycles. The number of rotatable bonds is 11. The van der Waals surface area contributed by atoms with E-state index in [9.17, 15) is 19.2 Å². The lowest BCUT2D eigenvalue weighted by Crippen LogP contribution is -2.28. The Labute approximate surface area is 220 Å². The summed E-state index contributed by atoms with van der Waals surface area (Å²) < 4.78 is 9.77. The third kappa shape index (κ3) is 7.13. The molecule has 3 aromatic rings. The van der Waals surface area contributed by atoms with Gasteiger partial charge in [0.15, 0.2) is 10.3 Å². The first-order valence-electron chi connectivity index (χ1n) is 11.2. The number of aromatic nitrogens is 4. The van der Waals surface area contributed by atoms with E-state index in [1.807, 2.05) is 0 Å². The van der Waals surface area contributed by atoms with Crippen molar-refractivity contribution in [1.29, 1.82) is 0 Å². The summed E-state index contributed by atoms with van der Waals surface area (Å²) in [6, 6.07) is 8.70. The molecule has 0 amide bonds. The van der Waals surface area contributed by atoms with E-state index in [1.54, 1.807) is 44.2 Å². The zero-order valence-corrected chi connectivity index (χ0v) is 21.7. The van der Waals surface area contributed by atoms with Gasteiger partial charge in [0.25, 0.3) is 11.1 Å². The maximum Gasteiger partial charge on any atom is 0.316 e. The van der Waals surface area contributed by atoms with E-state index in [0.717, 1.165) is 23.5 Å². The van der Waals surface area contributed by atoms with Gasteiger partial charge in [-0.1, -0.05) is 53.9 Å². The number of ether oxygens (including phenoxy) is 2. The van der Waals surface area contributed by atoms with Crippen molar-refractivity contribution < 1.29 is 19.1 Å². The third-order valence-electron chi connectivity index (χ3n) is 4.90. The Bertz CT molecular complexity index is 1290. The van der Waals surface area contributed by atoms with E-state index >= 15 is 0 Å². The summed E-state index contributed by atoms with van der Waals surface area (Å²) in [6.07, 6.45) is 0. The summed E-state index contributed by atoms with van der Waals surface area (Å²) in [5.74, 6) is -2.34. The minimum atomic E-state index is -0.998. The number of nitrogens with zero attached hydrogens (tertiary/aromatic N) is 2. The van der Waals surface area contributed by atoms with Crippen molar-refractivity contribution in [3.63, 3.8) is 0 Å². The fraction of sp³-hybridized carbons (Fsp3) is 0.304. The minimum Gasteiger partial charge on any atom is -0.465 e. The fourth-order valence-electron chi connectivity index (χ4n) is 3.43. The first-order valence-corrected chi connectivity index (χ1v) is 13.1. The molecule has 0 fully saturated rings.